The van der Waals surface area contributed by atoms with Crippen molar-refractivity contribution in [3.63, 3.8) is 0 Å². The van der Waals surface area contributed by atoms with Gasteiger partial charge in [-0.15, -0.1) is 0 Å². The molecule has 1 aliphatic rings. The van der Waals surface area contributed by atoms with Crippen LogP contribution in [-0.2, 0) is 38.6 Å². The van der Waals surface area contributed by atoms with Crippen LogP contribution < -0.4 is 5.73 Å². The summed E-state index contributed by atoms with van der Waals surface area (Å²) in [4.78, 5) is 13.9. The summed E-state index contributed by atoms with van der Waals surface area (Å²) in [6, 6.07) is 9.26. The standard InChI is InChI=1S/C21H32N2O7P2/c1-5-27-31(25,28-6-2)19-15-14-18(20(22)24)21(32(26,29-7-3)30-8-4)23(19)16-17-12-10-9-11-13-17/h9-15,21H,5-8,16H2,1-4H3,(H2,22,24). The SMILES string of the molecule is CCOP(=O)(OCC)C1=CC=C(C(N)=O)C(P(=O)(OCC)OCC)N1Cc1ccccc1. The van der Waals surface area contributed by atoms with Gasteiger partial charge < -0.3 is 28.7 Å². The molecule has 1 unspecified atom stereocenters. The zero-order valence-electron chi connectivity index (χ0n) is 18.9. The van der Waals surface area contributed by atoms with Crippen molar-refractivity contribution in [1.82, 2.24) is 4.90 Å². The van der Waals surface area contributed by atoms with E-state index in [0.717, 1.165) is 5.56 Å². The Morgan fingerprint density at radius 3 is 1.91 bits per heavy atom. The second kappa shape index (κ2) is 11.9. The lowest BCUT2D eigenvalue weighted by Gasteiger charge is -2.41. The molecule has 2 N–H and O–H groups in total. The van der Waals surface area contributed by atoms with Crippen molar-refractivity contribution < 1.29 is 32.0 Å². The maximum Gasteiger partial charge on any atom is 0.377 e. The molecule has 1 heterocycles. The van der Waals surface area contributed by atoms with Crippen LogP contribution in [0.4, 0.5) is 0 Å². The Morgan fingerprint density at radius 1 is 0.906 bits per heavy atom. The molecule has 1 aliphatic heterocycles. The summed E-state index contributed by atoms with van der Waals surface area (Å²) in [6.45, 7) is 7.28. The Morgan fingerprint density at radius 2 is 1.44 bits per heavy atom. The zero-order chi connectivity index (χ0) is 23.8. The highest BCUT2D eigenvalue weighted by molar-refractivity contribution is 7.58. The topological polar surface area (TPSA) is 117 Å². The van der Waals surface area contributed by atoms with Crippen LogP contribution in [0.3, 0.4) is 0 Å². The second-order valence-electron chi connectivity index (χ2n) is 6.71. The molecule has 1 amide bonds. The summed E-state index contributed by atoms with van der Waals surface area (Å²) in [7, 11) is -7.79. The van der Waals surface area contributed by atoms with E-state index in [2.05, 4.69) is 0 Å². The van der Waals surface area contributed by atoms with E-state index in [-0.39, 0.29) is 44.0 Å². The number of allylic oxidation sites excluding steroid dienone is 2. The lowest BCUT2D eigenvalue weighted by molar-refractivity contribution is -0.115. The number of carbonyl (C=O) groups is 1. The van der Waals surface area contributed by atoms with E-state index in [1.807, 2.05) is 30.3 Å². The molecule has 1 aromatic rings. The van der Waals surface area contributed by atoms with Gasteiger partial charge in [0.1, 0.15) is 5.44 Å². The predicted molar refractivity (Wildman–Crippen MR) is 123 cm³/mol. The molecule has 9 nitrogen and oxygen atoms in total. The molecule has 178 valence electrons. The summed E-state index contributed by atoms with van der Waals surface area (Å²) < 4.78 is 50.0. The number of carbonyl (C=O) groups excluding carboxylic acids is 1. The Hall–Kier alpha value is -1.73. The average Bonchev–Trinajstić information content (AvgIpc) is 2.74. The van der Waals surface area contributed by atoms with E-state index < -0.39 is 26.9 Å². The normalized spacial score (nSPS) is 17.1. The maximum absolute atomic E-state index is 13.9. The molecule has 32 heavy (non-hydrogen) atoms. The molecule has 0 saturated carbocycles. The molecular formula is C21H32N2O7P2. The van der Waals surface area contributed by atoms with E-state index in [0.29, 0.717) is 0 Å². The van der Waals surface area contributed by atoms with Crippen LogP contribution in [0, 0.1) is 0 Å². The highest BCUT2D eigenvalue weighted by atomic mass is 31.2. The summed E-state index contributed by atoms with van der Waals surface area (Å²) >= 11 is 0. The van der Waals surface area contributed by atoms with Gasteiger partial charge in [-0.2, -0.15) is 0 Å². The van der Waals surface area contributed by atoms with Crippen LogP contribution in [0.15, 0.2) is 53.5 Å². The van der Waals surface area contributed by atoms with Crippen molar-refractivity contribution >= 4 is 21.1 Å². The zero-order valence-corrected chi connectivity index (χ0v) is 20.7. The molecule has 11 heteroatoms. The summed E-state index contributed by atoms with van der Waals surface area (Å²) in [5.41, 5.74) is 6.64. The van der Waals surface area contributed by atoms with E-state index in [4.69, 9.17) is 23.8 Å². The summed E-state index contributed by atoms with van der Waals surface area (Å²) in [5.74, 6) is -2.01. The van der Waals surface area contributed by atoms with Gasteiger partial charge in [0, 0.05) is 6.54 Å². The molecule has 0 aliphatic carbocycles. The Bertz CT molecular complexity index is 913. The molecule has 0 aromatic heterocycles. The third-order valence-electron chi connectivity index (χ3n) is 4.56. The van der Waals surface area contributed by atoms with Crippen molar-refractivity contribution in [2.45, 2.75) is 40.0 Å². The van der Waals surface area contributed by atoms with Crippen molar-refractivity contribution in [2.24, 2.45) is 5.73 Å². The van der Waals surface area contributed by atoms with Crippen molar-refractivity contribution in [3.8, 4) is 0 Å². The molecule has 1 atom stereocenters. The number of nitrogens with two attached hydrogens (primary N) is 1. The van der Waals surface area contributed by atoms with Crippen LogP contribution in [0.5, 0.6) is 0 Å². The molecule has 0 bridgehead atoms. The predicted octanol–water partition coefficient (Wildman–Crippen LogP) is 4.61. The van der Waals surface area contributed by atoms with Gasteiger partial charge in [0.2, 0.25) is 5.91 Å². The van der Waals surface area contributed by atoms with Gasteiger partial charge >= 0.3 is 15.2 Å². The van der Waals surface area contributed by atoms with Gasteiger partial charge in [0.25, 0.3) is 0 Å². The lowest BCUT2D eigenvalue weighted by Crippen LogP contribution is -2.42. The van der Waals surface area contributed by atoms with Crippen LogP contribution >= 0.6 is 15.2 Å². The van der Waals surface area contributed by atoms with E-state index in [9.17, 15) is 13.9 Å². The number of benzene rings is 1. The van der Waals surface area contributed by atoms with E-state index in [1.54, 1.807) is 27.7 Å². The Kier molecular flexibility index (Phi) is 9.89. The van der Waals surface area contributed by atoms with Gasteiger partial charge in [-0.1, -0.05) is 30.3 Å². The highest BCUT2D eigenvalue weighted by Crippen LogP contribution is 2.64. The minimum absolute atomic E-state index is 0.0226. The molecule has 2 rings (SSSR count). The number of amides is 1. The van der Waals surface area contributed by atoms with Crippen molar-refractivity contribution in [3.05, 3.63) is 59.1 Å². The van der Waals surface area contributed by atoms with Crippen LogP contribution in [-0.4, -0.2) is 43.0 Å². The van der Waals surface area contributed by atoms with E-state index in [1.165, 1.54) is 17.1 Å². The molecule has 0 spiro atoms. The second-order valence-corrected chi connectivity index (χ2v) is 10.8. The first-order valence-corrected chi connectivity index (χ1v) is 13.7. The molecule has 0 radical (unpaired) electrons. The fraction of sp³-hybridized carbons (Fsp3) is 0.476. The van der Waals surface area contributed by atoms with Gasteiger partial charge in [-0.05, 0) is 45.4 Å². The molecule has 0 fully saturated rings. The number of hydrogen-bond acceptors (Lipinski definition) is 8. The maximum atomic E-state index is 13.9. The van der Waals surface area contributed by atoms with Crippen molar-refractivity contribution in [1.29, 1.82) is 0 Å². The number of nitrogens with zero attached hydrogens (tertiary/aromatic N) is 1. The van der Waals surface area contributed by atoms with Gasteiger partial charge in [0.15, 0.2) is 5.78 Å². The summed E-state index contributed by atoms with van der Waals surface area (Å²) in [6.07, 6.45) is 2.85. The third-order valence-corrected chi connectivity index (χ3v) is 9.11. The summed E-state index contributed by atoms with van der Waals surface area (Å²) in [5, 5.41) is 0. The van der Waals surface area contributed by atoms with Gasteiger partial charge in [-0.3, -0.25) is 13.9 Å². The first-order valence-electron chi connectivity index (χ1n) is 10.6. The van der Waals surface area contributed by atoms with Crippen LogP contribution in [0.1, 0.15) is 33.3 Å². The average molecular weight is 486 g/mol. The number of hydrogen-bond donors (Lipinski definition) is 1. The number of primary amides is 1. The fourth-order valence-corrected chi connectivity index (χ4v) is 7.48. The molecule has 1 aromatic carbocycles. The first-order chi connectivity index (χ1) is 15.3. The fourth-order valence-electron chi connectivity index (χ4n) is 3.43. The molecule has 0 saturated heterocycles. The minimum Gasteiger partial charge on any atom is -0.366 e. The van der Waals surface area contributed by atoms with Crippen molar-refractivity contribution in [2.75, 3.05) is 26.4 Å². The minimum atomic E-state index is -3.96. The monoisotopic (exact) mass is 486 g/mol. The van der Waals surface area contributed by atoms with Crippen LogP contribution in [0.25, 0.3) is 0 Å². The largest absolute Gasteiger partial charge is 0.377 e. The quantitative estimate of drug-likeness (QED) is 0.402. The Balaban J connectivity index is 2.74. The first kappa shape index (κ1) is 26.5. The smallest absolute Gasteiger partial charge is 0.366 e. The van der Waals surface area contributed by atoms with Gasteiger partial charge in [-0.25, -0.2) is 0 Å². The third kappa shape index (κ3) is 5.98. The van der Waals surface area contributed by atoms with Crippen LogP contribution in [0.2, 0.25) is 0 Å². The lowest BCUT2D eigenvalue weighted by atomic mass is 10.1. The molecular weight excluding hydrogens is 454 g/mol. The van der Waals surface area contributed by atoms with Gasteiger partial charge in [0.05, 0.1) is 32.0 Å². The Labute approximate surface area is 189 Å². The highest BCUT2D eigenvalue weighted by Gasteiger charge is 2.50. The van der Waals surface area contributed by atoms with E-state index >= 15 is 0 Å². The number of rotatable bonds is 13.